The fourth-order valence-electron chi connectivity index (χ4n) is 2.59. The molecular weight excluding hydrogens is 376 g/mol. The number of benzene rings is 2. The predicted molar refractivity (Wildman–Crippen MR) is 94.7 cm³/mol. The Kier molecular flexibility index (Phi) is 3.78. The molecule has 0 bridgehead atoms. The minimum absolute atomic E-state index is 0.0290. The summed E-state index contributed by atoms with van der Waals surface area (Å²) in [5.41, 5.74) is 1.83. The van der Waals surface area contributed by atoms with Gasteiger partial charge in [0.15, 0.2) is 0 Å². The van der Waals surface area contributed by atoms with Crippen LogP contribution in [0.2, 0.25) is 0 Å². The SMILES string of the molecule is O=C(Nc1nncs1)c1ccc2c(c1)S(=O)(=O)N(c1ccccc1)C2=O. The average molecular weight is 386 g/mol. The van der Waals surface area contributed by atoms with Gasteiger partial charge in [-0.2, -0.15) is 4.31 Å². The summed E-state index contributed by atoms with van der Waals surface area (Å²) in [4.78, 5) is 24.7. The standard InChI is InChI=1S/C16H10N4O4S2/c21-14(18-16-19-17-9-25-16)10-6-7-12-13(8-10)26(23,24)20(15(12)22)11-4-2-1-3-5-11/h1-9H,(H,18,19,21). The summed E-state index contributed by atoms with van der Waals surface area (Å²) in [5.74, 6) is -1.19. The van der Waals surface area contributed by atoms with Gasteiger partial charge in [-0.05, 0) is 30.3 Å². The fraction of sp³-hybridized carbons (Fsp3) is 0. The molecule has 0 spiro atoms. The number of aromatic nitrogens is 2. The van der Waals surface area contributed by atoms with Crippen molar-refractivity contribution in [2.75, 3.05) is 9.62 Å². The number of anilines is 2. The van der Waals surface area contributed by atoms with Gasteiger partial charge in [-0.25, -0.2) is 8.42 Å². The van der Waals surface area contributed by atoms with E-state index in [1.165, 1.54) is 35.8 Å². The van der Waals surface area contributed by atoms with Crippen molar-refractivity contribution in [2.45, 2.75) is 4.90 Å². The highest BCUT2D eigenvalue weighted by atomic mass is 32.2. The summed E-state index contributed by atoms with van der Waals surface area (Å²) in [6.45, 7) is 0. The van der Waals surface area contributed by atoms with Crippen LogP contribution in [-0.2, 0) is 10.0 Å². The summed E-state index contributed by atoms with van der Waals surface area (Å²) >= 11 is 1.13. The number of rotatable bonds is 3. The molecule has 2 aromatic carbocycles. The summed E-state index contributed by atoms with van der Waals surface area (Å²) in [7, 11) is -4.09. The Morgan fingerprint density at radius 2 is 1.88 bits per heavy atom. The first-order chi connectivity index (χ1) is 12.5. The van der Waals surface area contributed by atoms with Crippen molar-refractivity contribution in [1.29, 1.82) is 0 Å². The Labute approximate surface area is 152 Å². The molecule has 10 heteroatoms. The second-order valence-corrected chi connectivity index (χ2v) is 7.91. The predicted octanol–water partition coefficient (Wildman–Crippen LogP) is 2.14. The molecule has 0 aliphatic carbocycles. The monoisotopic (exact) mass is 386 g/mol. The molecule has 4 rings (SSSR count). The molecule has 0 unspecified atom stereocenters. The first kappa shape index (κ1) is 16.4. The van der Waals surface area contributed by atoms with E-state index in [4.69, 9.17) is 0 Å². The normalized spacial score (nSPS) is 14.9. The molecule has 3 aromatic rings. The van der Waals surface area contributed by atoms with Gasteiger partial charge in [0.2, 0.25) is 5.13 Å². The zero-order chi connectivity index (χ0) is 18.3. The van der Waals surface area contributed by atoms with Gasteiger partial charge in [0.05, 0.1) is 11.3 Å². The van der Waals surface area contributed by atoms with E-state index in [1.54, 1.807) is 18.2 Å². The van der Waals surface area contributed by atoms with E-state index >= 15 is 0 Å². The van der Waals surface area contributed by atoms with Gasteiger partial charge in [0.25, 0.3) is 21.8 Å². The maximum atomic E-state index is 12.8. The van der Waals surface area contributed by atoms with Crippen molar-refractivity contribution in [2.24, 2.45) is 0 Å². The number of carbonyl (C=O) groups is 2. The van der Waals surface area contributed by atoms with Crippen LogP contribution >= 0.6 is 11.3 Å². The van der Waals surface area contributed by atoms with Crippen LogP contribution in [0.3, 0.4) is 0 Å². The molecule has 1 N–H and O–H groups in total. The lowest BCUT2D eigenvalue weighted by Gasteiger charge is -2.14. The van der Waals surface area contributed by atoms with Gasteiger partial charge in [-0.3, -0.25) is 14.9 Å². The Balaban J connectivity index is 1.74. The van der Waals surface area contributed by atoms with E-state index in [0.717, 1.165) is 15.6 Å². The van der Waals surface area contributed by atoms with Crippen LogP contribution in [0.1, 0.15) is 20.7 Å². The van der Waals surface area contributed by atoms with Crippen LogP contribution in [-0.4, -0.2) is 30.4 Å². The zero-order valence-electron chi connectivity index (χ0n) is 13.0. The number of hydrogen-bond acceptors (Lipinski definition) is 7. The van der Waals surface area contributed by atoms with E-state index < -0.39 is 21.8 Å². The Morgan fingerprint density at radius 3 is 2.58 bits per heavy atom. The van der Waals surface area contributed by atoms with E-state index in [1.807, 2.05) is 0 Å². The van der Waals surface area contributed by atoms with Crippen molar-refractivity contribution in [3.05, 3.63) is 65.2 Å². The third kappa shape index (κ3) is 2.55. The van der Waals surface area contributed by atoms with Gasteiger partial charge in [-0.1, -0.05) is 29.5 Å². The summed E-state index contributed by atoms with van der Waals surface area (Å²) in [6.07, 6.45) is 0. The average Bonchev–Trinajstić information content (AvgIpc) is 3.21. The number of sulfonamides is 1. The van der Waals surface area contributed by atoms with Crippen LogP contribution < -0.4 is 9.62 Å². The molecule has 26 heavy (non-hydrogen) atoms. The molecule has 0 radical (unpaired) electrons. The minimum Gasteiger partial charge on any atom is -0.296 e. The van der Waals surface area contributed by atoms with E-state index in [-0.39, 0.29) is 21.7 Å². The summed E-state index contributed by atoms with van der Waals surface area (Å²) in [6, 6.07) is 12.0. The van der Waals surface area contributed by atoms with Crippen molar-refractivity contribution >= 4 is 44.0 Å². The van der Waals surface area contributed by atoms with Crippen molar-refractivity contribution < 1.29 is 18.0 Å². The van der Waals surface area contributed by atoms with Crippen molar-refractivity contribution in [3.8, 4) is 0 Å². The number of para-hydroxylation sites is 1. The lowest BCUT2D eigenvalue weighted by molar-refractivity contribution is 0.100. The molecule has 0 fully saturated rings. The molecule has 1 aliphatic heterocycles. The maximum Gasteiger partial charge on any atom is 0.273 e. The molecule has 0 saturated carbocycles. The number of fused-ring (bicyclic) bond motifs is 1. The summed E-state index contributed by atoms with van der Waals surface area (Å²) < 4.78 is 26.4. The van der Waals surface area contributed by atoms with Gasteiger partial charge in [-0.15, -0.1) is 10.2 Å². The second kappa shape index (κ2) is 6.00. The molecule has 1 aromatic heterocycles. The van der Waals surface area contributed by atoms with Crippen LogP contribution in [0.4, 0.5) is 10.8 Å². The Bertz CT molecular complexity index is 1110. The molecular formula is C16H10N4O4S2. The van der Waals surface area contributed by atoms with E-state index in [2.05, 4.69) is 15.5 Å². The van der Waals surface area contributed by atoms with E-state index in [9.17, 15) is 18.0 Å². The van der Waals surface area contributed by atoms with Crippen LogP contribution in [0, 0.1) is 0 Å². The van der Waals surface area contributed by atoms with Crippen LogP contribution in [0.5, 0.6) is 0 Å². The number of carbonyl (C=O) groups excluding carboxylic acids is 2. The number of amides is 2. The lowest BCUT2D eigenvalue weighted by Crippen LogP contribution is -2.29. The molecule has 2 amide bonds. The number of hydrogen-bond donors (Lipinski definition) is 1. The van der Waals surface area contributed by atoms with Gasteiger partial charge in [0, 0.05) is 5.56 Å². The largest absolute Gasteiger partial charge is 0.296 e. The minimum atomic E-state index is -4.09. The Morgan fingerprint density at radius 1 is 1.12 bits per heavy atom. The highest BCUT2D eigenvalue weighted by molar-refractivity contribution is 7.94. The molecule has 8 nitrogen and oxygen atoms in total. The maximum absolute atomic E-state index is 12.8. The van der Waals surface area contributed by atoms with Crippen LogP contribution in [0.15, 0.2) is 58.9 Å². The van der Waals surface area contributed by atoms with Gasteiger partial charge < -0.3 is 0 Å². The fourth-order valence-corrected chi connectivity index (χ4v) is 4.65. The van der Waals surface area contributed by atoms with Gasteiger partial charge >= 0.3 is 0 Å². The molecule has 2 heterocycles. The topological polar surface area (TPSA) is 109 Å². The Hall–Kier alpha value is -3.11. The molecule has 0 atom stereocenters. The first-order valence-electron chi connectivity index (χ1n) is 7.35. The number of nitrogens with one attached hydrogen (secondary N) is 1. The molecule has 1 aliphatic rings. The first-order valence-corrected chi connectivity index (χ1v) is 9.67. The van der Waals surface area contributed by atoms with Crippen LogP contribution in [0.25, 0.3) is 0 Å². The smallest absolute Gasteiger partial charge is 0.273 e. The molecule has 0 saturated heterocycles. The second-order valence-electron chi connectivity index (χ2n) is 5.32. The quantitative estimate of drug-likeness (QED) is 0.739. The molecule has 130 valence electrons. The van der Waals surface area contributed by atoms with E-state index in [0.29, 0.717) is 5.13 Å². The highest BCUT2D eigenvalue weighted by Crippen LogP contribution is 2.35. The zero-order valence-corrected chi connectivity index (χ0v) is 14.6. The third-order valence-corrected chi connectivity index (χ3v) is 6.11. The summed E-state index contributed by atoms with van der Waals surface area (Å²) in [5, 5.41) is 10.1. The third-order valence-electron chi connectivity index (χ3n) is 3.75. The van der Waals surface area contributed by atoms with Gasteiger partial charge in [0.1, 0.15) is 10.4 Å². The lowest BCUT2D eigenvalue weighted by atomic mass is 10.1. The van der Waals surface area contributed by atoms with Crippen molar-refractivity contribution in [1.82, 2.24) is 10.2 Å². The van der Waals surface area contributed by atoms with Crippen molar-refractivity contribution in [3.63, 3.8) is 0 Å². The number of nitrogens with zero attached hydrogens (tertiary/aromatic N) is 3. The highest BCUT2D eigenvalue weighted by Gasteiger charge is 2.42.